The smallest absolute Gasteiger partial charge is 0.260 e. The van der Waals surface area contributed by atoms with Gasteiger partial charge in [-0.05, 0) is 5.56 Å². The number of benzene rings is 1. The Balaban J connectivity index is 3.00. The summed E-state index contributed by atoms with van der Waals surface area (Å²) in [6.45, 7) is 0. The molecule has 4 nitrogen and oxygen atoms in total. The van der Waals surface area contributed by atoms with Gasteiger partial charge in [-0.3, -0.25) is 4.79 Å². The molecule has 0 atom stereocenters. The lowest BCUT2D eigenvalue weighted by molar-refractivity contribution is -0.111. The van der Waals surface area contributed by atoms with Crippen molar-refractivity contribution in [1.82, 2.24) is 0 Å². The molecule has 0 radical (unpaired) electrons. The second-order valence-electron chi connectivity index (χ2n) is 2.68. The van der Waals surface area contributed by atoms with Crippen LogP contribution in [0.1, 0.15) is 5.56 Å². The Morgan fingerprint density at radius 3 is 2.21 bits per heavy atom. The van der Waals surface area contributed by atoms with Gasteiger partial charge >= 0.3 is 0 Å². The molecule has 0 unspecified atom stereocenters. The van der Waals surface area contributed by atoms with Crippen LogP contribution in [0.4, 0.5) is 0 Å². The van der Waals surface area contributed by atoms with E-state index in [1.165, 1.54) is 0 Å². The molecule has 14 heavy (non-hydrogen) atoms. The van der Waals surface area contributed by atoms with Gasteiger partial charge in [0, 0.05) is 6.42 Å². The molecule has 1 aromatic rings. The summed E-state index contributed by atoms with van der Waals surface area (Å²) in [6, 6.07) is 8.80. The second-order valence-corrected chi connectivity index (χ2v) is 3.65. The van der Waals surface area contributed by atoms with E-state index in [0.717, 1.165) is 5.56 Å². The lowest BCUT2D eigenvalue weighted by Gasteiger charge is -1.97. The summed E-state index contributed by atoms with van der Waals surface area (Å²) >= 11 is 0. The maximum atomic E-state index is 10.7. The number of carbonyl (C=O) groups is 1. The Morgan fingerprint density at radius 1 is 1.21 bits per heavy atom. The van der Waals surface area contributed by atoms with Crippen LogP contribution in [-0.4, -0.2) is 19.2 Å². The van der Waals surface area contributed by atoms with Crippen molar-refractivity contribution in [1.29, 1.82) is 0 Å². The highest BCUT2D eigenvalue weighted by molar-refractivity contribution is 7.74. The Bertz CT molecular complexity index is 454. The van der Waals surface area contributed by atoms with Crippen molar-refractivity contribution in [2.45, 2.75) is 6.42 Å². The molecule has 0 spiro atoms. The SMILES string of the molecule is NC(=O)C(Cc1ccccc1)=S(=O)=O. The Hall–Kier alpha value is -1.62. The molecule has 0 aliphatic heterocycles. The van der Waals surface area contributed by atoms with Crippen LogP contribution in [0.2, 0.25) is 0 Å². The van der Waals surface area contributed by atoms with Gasteiger partial charge in [0.1, 0.15) is 4.86 Å². The fraction of sp³-hybridized carbons (Fsp3) is 0.111. The van der Waals surface area contributed by atoms with Crippen molar-refractivity contribution in [3.63, 3.8) is 0 Å². The average Bonchev–Trinajstić information content (AvgIpc) is 2.15. The van der Waals surface area contributed by atoms with E-state index >= 15 is 0 Å². The number of hydrogen-bond acceptors (Lipinski definition) is 3. The van der Waals surface area contributed by atoms with Gasteiger partial charge in [0.25, 0.3) is 5.91 Å². The van der Waals surface area contributed by atoms with E-state index in [1.807, 2.05) is 6.07 Å². The quantitative estimate of drug-likeness (QED) is 0.701. The number of amides is 1. The molecule has 2 N–H and O–H groups in total. The maximum Gasteiger partial charge on any atom is 0.260 e. The van der Waals surface area contributed by atoms with Gasteiger partial charge < -0.3 is 5.73 Å². The monoisotopic (exact) mass is 211 g/mol. The zero-order chi connectivity index (χ0) is 10.6. The largest absolute Gasteiger partial charge is 0.365 e. The zero-order valence-electron chi connectivity index (χ0n) is 7.30. The van der Waals surface area contributed by atoms with Crippen LogP contribution >= 0.6 is 0 Å². The van der Waals surface area contributed by atoms with Gasteiger partial charge in [-0.15, -0.1) is 0 Å². The van der Waals surface area contributed by atoms with E-state index in [2.05, 4.69) is 0 Å². The van der Waals surface area contributed by atoms with E-state index in [0.29, 0.717) is 0 Å². The third-order valence-electron chi connectivity index (χ3n) is 1.68. The summed E-state index contributed by atoms with van der Waals surface area (Å²) in [6.07, 6.45) is 0.0479. The van der Waals surface area contributed by atoms with E-state index in [1.54, 1.807) is 24.3 Å². The van der Waals surface area contributed by atoms with Crippen molar-refractivity contribution in [2.75, 3.05) is 0 Å². The van der Waals surface area contributed by atoms with Crippen molar-refractivity contribution in [3.05, 3.63) is 35.9 Å². The molecule has 1 amide bonds. The Morgan fingerprint density at radius 2 is 1.79 bits per heavy atom. The van der Waals surface area contributed by atoms with Gasteiger partial charge in [-0.1, -0.05) is 30.3 Å². The standard InChI is InChI=1S/C9H9NO3S/c10-9(11)8(14(12)13)6-7-4-2-1-3-5-7/h1-5H,6H2,(H2,10,11). The Labute approximate surface area is 82.9 Å². The van der Waals surface area contributed by atoms with E-state index in [4.69, 9.17) is 5.73 Å². The molecular formula is C9H9NO3S. The lowest BCUT2D eigenvalue weighted by atomic mass is 10.1. The molecule has 0 aliphatic carbocycles. The minimum atomic E-state index is -2.54. The van der Waals surface area contributed by atoms with Crippen LogP contribution in [0.25, 0.3) is 0 Å². The van der Waals surface area contributed by atoms with Crippen LogP contribution in [0.5, 0.6) is 0 Å². The molecule has 0 heterocycles. The summed E-state index contributed by atoms with van der Waals surface area (Å²) < 4.78 is 21.2. The second kappa shape index (κ2) is 4.57. The summed E-state index contributed by atoms with van der Waals surface area (Å²) in [7, 11) is -2.54. The van der Waals surface area contributed by atoms with Gasteiger partial charge in [0.05, 0.1) is 0 Å². The van der Waals surface area contributed by atoms with E-state index < -0.39 is 16.2 Å². The highest BCUT2D eigenvalue weighted by atomic mass is 32.2. The summed E-state index contributed by atoms with van der Waals surface area (Å²) in [5, 5.41) is 0. The van der Waals surface area contributed by atoms with Crippen molar-refractivity contribution >= 4 is 21.1 Å². The molecule has 1 rings (SSSR count). The third-order valence-corrected chi connectivity index (χ3v) is 2.43. The van der Waals surface area contributed by atoms with Crippen LogP contribution in [0.3, 0.4) is 0 Å². The third kappa shape index (κ3) is 2.70. The topological polar surface area (TPSA) is 77.2 Å². The summed E-state index contributed by atoms with van der Waals surface area (Å²) in [4.78, 5) is 10.4. The number of nitrogens with two attached hydrogens (primary N) is 1. The van der Waals surface area contributed by atoms with Crippen molar-refractivity contribution in [3.8, 4) is 0 Å². The van der Waals surface area contributed by atoms with Gasteiger partial charge in [0.15, 0.2) is 0 Å². The van der Waals surface area contributed by atoms with Crippen LogP contribution < -0.4 is 5.73 Å². The molecule has 0 aromatic heterocycles. The lowest BCUT2D eigenvalue weighted by Crippen LogP contribution is -2.25. The first-order valence-corrected chi connectivity index (χ1v) is 4.97. The predicted molar refractivity (Wildman–Crippen MR) is 53.3 cm³/mol. The number of primary amides is 1. The van der Waals surface area contributed by atoms with Crippen LogP contribution in [0, 0.1) is 0 Å². The molecular weight excluding hydrogens is 202 g/mol. The zero-order valence-corrected chi connectivity index (χ0v) is 8.12. The maximum absolute atomic E-state index is 10.7. The highest BCUT2D eigenvalue weighted by Crippen LogP contribution is 2.00. The fourth-order valence-corrected chi connectivity index (χ4v) is 1.46. The minimum Gasteiger partial charge on any atom is -0.365 e. The molecule has 5 heteroatoms. The molecule has 1 aromatic carbocycles. The number of rotatable bonds is 3. The van der Waals surface area contributed by atoms with E-state index in [-0.39, 0.29) is 11.3 Å². The molecule has 0 aliphatic rings. The van der Waals surface area contributed by atoms with E-state index in [9.17, 15) is 13.2 Å². The molecule has 74 valence electrons. The first-order valence-electron chi connectivity index (χ1n) is 3.90. The molecule has 0 saturated heterocycles. The van der Waals surface area contributed by atoms with Gasteiger partial charge in [0.2, 0.25) is 10.3 Å². The van der Waals surface area contributed by atoms with Crippen LogP contribution in [-0.2, 0) is 21.5 Å². The van der Waals surface area contributed by atoms with Crippen molar-refractivity contribution in [2.24, 2.45) is 5.73 Å². The minimum absolute atomic E-state index is 0.0479. The van der Waals surface area contributed by atoms with Gasteiger partial charge in [-0.25, -0.2) is 0 Å². The predicted octanol–water partition coefficient (Wildman–Crippen LogP) is -0.234. The Kier molecular flexibility index (Phi) is 3.41. The van der Waals surface area contributed by atoms with Crippen molar-refractivity contribution < 1.29 is 13.2 Å². The number of hydrogen-bond donors (Lipinski definition) is 1. The number of carbonyl (C=O) groups excluding carboxylic acids is 1. The summed E-state index contributed by atoms with van der Waals surface area (Å²) in [5.74, 6) is -0.901. The normalized spacial score (nSPS) is 9.43. The first-order chi connectivity index (χ1) is 6.61. The molecule has 0 bridgehead atoms. The fourth-order valence-electron chi connectivity index (χ4n) is 1.01. The molecule has 0 saturated carbocycles. The highest BCUT2D eigenvalue weighted by Gasteiger charge is 2.09. The average molecular weight is 211 g/mol. The first kappa shape index (κ1) is 10.5. The summed E-state index contributed by atoms with van der Waals surface area (Å²) in [5.41, 5.74) is 5.66. The molecule has 0 fully saturated rings. The van der Waals surface area contributed by atoms with Gasteiger partial charge in [-0.2, -0.15) is 8.42 Å². The van der Waals surface area contributed by atoms with Crippen LogP contribution in [0.15, 0.2) is 30.3 Å².